The molecule has 2 rings (SSSR count). The summed E-state index contributed by atoms with van der Waals surface area (Å²) >= 11 is 11.1. The van der Waals surface area contributed by atoms with Crippen molar-refractivity contribution in [2.24, 2.45) is 0 Å². The zero-order chi connectivity index (χ0) is 18.1. The molecular formula is C14H7Cl2F3N2O3. The van der Waals surface area contributed by atoms with Crippen LogP contribution in [0.25, 0.3) is 0 Å². The number of nitrogens with one attached hydrogen (secondary N) is 1. The molecule has 0 spiro atoms. The van der Waals surface area contributed by atoms with E-state index in [0.29, 0.717) is 6.07 Å². The SMILES string of the molecule is O=C(Nc1ccc(Cl)c(C(F)(F)F)c1)c1ccc(Cl)cc1[N+](=O)[O-]. The van der Waals surface area contributed by atoms with Crippen LogP contribution >= 0.6 is 23.2 Å². The number of anilines is 1. The summed E-state index contributed by atoms with van der Waals surface area (Å²) in [5.74, 6) is -0.950. The van der Waals surface area contributed by atoms with E-state index in [1.54, 1.807) is 0 Å². The maximum absolute atomic E-state index is 12.8. The minimum atomic E-state index is -4.70. The van der Waals surface area contributed by atoms with Crippen molar-refractivity contribution < 1.29 is 22.9 Å². The summed E-state index contributed by atoms with van der Waals surface area (Å²) in [5.41, 5.74) is -2.24. The lowest BCUT2D eigenvalue weighted by Crippen LogP contribution is -2.15. The van der Waals surface area contributed by atoms with Crippen LogP contribution in [0.1, 0.15) is 15.9 Å². The number of amides is 1. The Morgan fingerprint density at radius 2 is 1.79 bits per heavy atom. The van der Waals surface area contributed by atoms with E-state index in [-0.39, 0.29) is 16.3 Å². The largest absolute Gasteiger partial charge is 0.417 e. The van der Waals surface area contributed by atoms with Crippen LogP contribution in [0.3, 0.4) is 0 Å². The van der Waals surface area contributed by atoms with Gasteiger partial charge in [0.1, 0.15) is 5.56 Å². The molecule has 0 aliphatic rings. The molecule has 0 saturated heterocycles. The Kier molecular flexibility index (Phi) is 5.00. The molecule has 5 nitrogen and oxygen atoms in total. The van der Waals surface area contributed by atoms with Crippen LogP contribution in [0.15, 0.2) is 36.4 Å². The van der Waals surface area contributed by atoms with Gasteiger partial charge in [-0.25, -0.2) is 0 Å². The smallest absolute Gasteiger partial charge is 0.322 e. The van der Waals surface area contributed by atoms with Crippen molar-refractivity contribution in [1.82, 2.24) is 0 Å². The molecule has 0 radical (unpaired) electrons. The molecule has 0 saturated carbocycles. The Bertz CT molecular complexity index is 825. The predicted octanol–water partition coefficient (Wildman–Crippen LogP) is 5.17. The molecule has 0 fully saturated rings. The highest BCUT2D eigenvalue weighted by atomic mass is 35.5. The fourth-order valence-electron chi connectivity index (χ4n) is 1.87. The minimum Gasteiger partial charge on any atom is -0.322 e. The molecule has 0 aliphatic heterocycles. The number of hydrogen-bond acceptors (Lipinski definition) is 3. The summed E-state index contributed by atoms with van der Waals surface area (Å²) in [4.78, 5) is 22.3. The molecular weight excluding hydrogens is 372 g/mol. The third-order valence-corrected chi connectivity index (χ3v) is 3.50. The summed E-state index contributed by atoms with van der Waals surface area (Å²) in [6, 6.07) is 6.10. The fraction of sp³-hybridized carbons (Fsp3) is 0.0714. The molecule has 2 aromatic rings. The normalized spacial score (nSPS) is 11.2. The van der Waals surface area contributed by atoms with Gasteiger partial charge >= 0.3 is 6.18 Å². The molecule has 0 heterocycles. The standard InChI is InChI=1S/C14H7Cl2F3N2O3/c15-7-1-3-9(12(5-7)21(23)24)13(22)20-8-2-4-11(16)10(6-8)14(17,18)19/h1-6H,(H,20,22). The van der Waals surface area contributed by atoms with Crippen molar-refractivity contribution in [3.8, 4) is 0 Å². The van der Waals surface area contributed by atoms with Gasteiger partial charge in [0.05, 0.1) is 15.5 Å². The Hall–Kier alpha value is -2.32. The summed E-state index contributed by atoms with van der Waals surface area (Å²) in [6.07, 6.45) is -4.70. The van der Waals surface area contributed by atoms with Gasteiger partial charge in [0, 0.05) is 16.8 Å². The van der Waals surface area contributed by atoms with E-state index in [9.17, 15) is 28.1 Å². The van der Waals surface area contributed by atoms with E-state index in [2.05, 4.69) is 5.32 Å². The van der Waals surface area contributed by atoms with Crippen LogP contribution in [-0.2, 0) is 6.18 Å². The van der Waals surface area contributed by atoms with Gasteiger partial charge in [0.25, 0.3) is 11.6 Å². The number of rotatable bonds is 3. The number of carbonyl (C=O) groups excluding carboxylic acids is 1. The summed E-state index contributed by atoms with van der Waals surface area (Å²) in [7, 11) is 0. The molecule has 126 valence electrons. The first kappa shape index (κ1) is 18.0. The first-order valence-corrected chi connectivity index (χ1v) is 6.97. The molecule has 1 N–H and O–H groups in total. The first-order valence-electron chi connectivity index (χ1n) is 6.21. The van der Waals surface area contributed by atoms with Crippen molar-refractivity contribution in [3.63, 3.8) is 0 Å². The van der Waals surface area contributed by atoms with Gasteiger partial charge in [0.2, 0.25) is 0 Å². The summed E-state index contributed by atoms with van der Waals surface area (Å²) in [5, 5.41) is 12.6. The highest BCUT2D eigenvalue weighted by molar-refractivity contribution is 6.31. The van der Waals surface area contributed by atoms with E-state index in [1.165, 1.54) is 6.07 Å². The van der Waals surface area contributed by atoms with E-state index in [1.807, 2.05) is 0 Å². The second-order valence-electron chi connectivity index (χ2n) is 4.57. The predicted molar refractivity (Wildman–Crippen MR) is 82.5 cm³/mol. The van der Waals surface area contributed by atoms with Crippen LogP contribution in [0, 0.1) is 10.1 Å². The first-order chi connectivity index (χ1) is 11.1. The number of hydrogen-bond donors (Lipinski definition) is 1. The topological polar surface area (TPSA) is 72.2 Å². The second kappa shape index (κ2) is 6.66. The number of carbonyl (C=O) groups is 1. The molecule has 0 aliphatic carbocycles. The number of halogens is 5. The maximum Gasteiger partial charge on any atom is 0.417 e. The summed E-state index contributed by atoms with van der Waals surface area (Å²) in [6.45, 7) is 0. The molecule has 0 aromatic heterocycles. The van der Waals surface area contributed by atoms with E-state index in [4.69, 9.17) is 23.2 Å². The Balaban J connectivity index is 2.36. The van der Waals surface area contributed by atoms with E-state index in [0.717, 1.165) is 24.3 Å². The van der Waals surface area contributed by atoms with Crippen LogP contribution in [0.2, 0.25) is 10.0 Å². The number of nitrogens with zero attached hydrogens (tertiary/aromatic N) is 1. The quantitative estimate of drug-likeness (QED) is 0.591. The van der Waals surface area contributed by atoms with Crippen molar-refractivity contribution in [2.75, 3.05) is 5.32 Å². The Morgan fingerprint density at radius 3 is 2.38 bits per heavy atom. The van der Waals surface area contributed by atoms with Gasteiger partial charge in [-0.05, 0) is 30.3 Å². The van der Waals surface area contributed by atoms with Crippen LogP contribution in [0.4, 0.5) is 24.5 Å². The lowest BCUT2D eigenvalue weighted by molar-refractivity contribution is -0.385. The van der Waals surface area contributed by atoms with Gasteiger partial charge in [-0.1, -0.05) is 23.2 Å². The van der Waals surface area contributed by atoms with E-state index < -0.39 is 33.3 Å². The third-order valence-electron chi connectivity index (χ3n) is 2.93. The molecule has 24 heavy (non-hydrogen) atoms. The average molecular weight is 379 g/mol. The molecule has 2 aromatic carbocycles. The second-order valence-corrected chi connectivity index (χ2v) is 5.41. The molecule has 0 atom stereocenters. The van der Waals surface area contributed by atoms with Crippen molar-refractivity contribution >= 4 is 40.5 Å². The fourth-order valence-corrected chi connectivity index (χ4v) is 2.26. The van der Waals surface area contributed by atoms with Crippen LogP contribution < -0.4 is 5.32 Å². The van der Waals surface area contributed by atoms with Gasteiger partial charge in [-0.2, -0.15) is 13.2 Å². The third kappa shape index (κ3) is 3.95. The van der Waals surface area contributed by atoms with Gasteiger partial charge in [-0.3, -0.25) is 14.9 Å². The van der Waals surface area contributed by atoms with Gasteiger partial charge in [-0.15, -0.1) is 0 Å². The molecule has 1 amide bonds. The molecule has 0 unspecified atom stereocenters. The lowest BCUT2D eigenvalue weighted by atomic mass is 10.1. The molecule has 10 heteroatoms. The Labute approximate surface area is 143 Å². The zero-order valence-electron chi connectivity index (χ0n) is 11.5. The summed E-state index contributed by atoms with van der Waals surface area (Å²) < 4.78 is 38.4. The maximum atomic E-state index is 12.8. The highest BCUT2D eigenvalue weighted by Gasteiger charge is 2.33. The zero-order valence-corrected chi connectivity index (χ0v) is 13.0. The highest BCUT2D eigenvalue weighted by Crippen LogP contribution is 2.36. The van der Waals surface area contributed by atoms with Crippen molar-refractivity contribution in [1.29, 1.82) is 0 Å². The van der Waals surface area contributed by atoms with Crippen LogP contribution in [-0.4, -0.2) is 10.8 Å². The minimum absolute atomic E-state index is 0.0455. The number of alkyl halides is 3. The number of nitro groups is 1. The molecule has 0 bridgehead atoms. The number of nitro benzene ring substituents is 1. The van der Waals surface area contributed by atoms with Crippen LogP contribution in [0.5, 0.6) is 0 Å². The number of benzene rings is 2. The van der Waals surface area contributed by atoms with Gasteiger partial charge in [0.15, 0.2) is 0 Å². The lowest BCUT2D eigenvalue weighted by Gasteiger charge is -2.12. The van der Waals surface area contributed by atoms with Crippen molar-refractivity contribution in [3.05, 3.63) is 67.7 Å². The Morgan fingerprint density at radius 1 is 1.12 bits per heavy atom. The van der Waals surface area contributed by atoms with Gasteiger partial charge < -0.3 is 5.32 Å². The van der Waals surface area contributed by atoms with E-state index >= 15 is 0 Å². The average Bonchev–Trinajstić information content (AvgIpc) is 2.47. The van der Waals surface area contributed by atoms with Crippen molar-refractivity contribution in [2.45, 2.75) is 6.18 Å². The monoisotopic (exact) mass is 378 g/mol.